The Morgan fingerprint density at radius 3 is 2.47 bits per heavy atom. The fourth-order valence-electron chi connectivity index (χ4n) is 1.05. The minimum atomic E-state index is -1.32. The van der Waals surface area contributed by atoms with Gasteiger partial charge in [0.2, 0.25) is 0 Å². The molecule has 0 aliphatic carbocycles. The summed E-state index contributed by atoms with van der Waals surface area (Å²) >= 11 is 11.8. The van der Waals surface area contributed by atoms with Crippen molar-refractivity contribution in [1.82, 2.24) is 0 Å². The van der Waals surface area contributed by atoms with Gasteiger partial charge in [-0.05, 0) is 19.1 Å². The van der Waals surface area contributed by atoms with Crippen LogP contribution < -0.4 is 0 Å². The van der Waals surface area contributed by atoms with Crippen molar-refractivity contribution in [2.45, 2.75) is 11.8 Å². The van der Waals surface area contributed by atoms with E-state index in [4.69, 9.17) is 28.5 Å². The van der Waals surface area contributed by atoms with Crippen LogP contribution in [-0.2, 0) is 10.8 Å². The lowest BCUT2D eigenvalue weighted by molar-refractivity contribution is 0.676. The van der Waals surface area contributed by atoms with E-state index in [9.17, 15) is 4.21 Å². The largest absolute Gasteiger partial charge is 0.254 e. The highest BCUT2D eigenvalue weighted by Gasteiger charge is 2.15. The van der Waals surface area contributed by atoms with Crippen LogP contribution in [0.1, 0.15) is 6.92 Å². The molecule has 0 saturated carbocycles. The van der Waals surface area contributed by atoms with Crippen LogP contribution in [0.3, 0.4) is 0 Å². The van der Waals surface area contributed by atoms with Crippen LogP contribution >= 0.6 is 23.2 Å². The third kappa shape index (κ3) is 3.20. The van der Waals surface area contributed by atoms with Gasteiger partial charge in [0.15, 0.2) is 0 Å². The molecule has 2 nitrogen and oxygen atoms in total. The van der Waals surface area contributed by atoms with Crippen molar-refractivity contribution in [2.24, 2.45) is 5.92 Å². The van der Waals surface area contributed by atoms with Crippen molar-refractivity contribution >= 4 is 34.0 Å². The molecule has 0 spiro atoms. The molecule has 1 aromatic carbocycles. The fourth-order valence-corrected chi connectivity index (χ4v) is 3.23. The van der Waals surface area contributed by atoms with Crippen LogP contribution in [-0.4, -0.2) is 9.96 Å². The molecule has 2 unspecified atom stereocenters. The van der Waals surface area contributed by atoms with Crippen molar-refractivity contribution in [3.8, 4) is 6.07 Å². The molecule has 0 saturated heterocycles. The van der Waals surface area contributed by atoms with E-state index >= 15 is 0 Å². The molecule has 2 atom stereocenters. The Morgan fingerprint density at radius 2 is 2.00 bits per heavy atom. The summed E-state index contributed by atoms with van der Waals surface area (Å²) in [4.78, 5) is 0.419. The Kier molecular flexibility index (Phi) is 4.59. The smallest absolute Gasteiger partial charge is 0.0760 e. The van der Waals surface area contributed by atoms with Gasteiger partial charge >= 0.3 is 0 Å². The van der Waals surface area contributed by atoms with Gasteiger partial charge in [-0.1, -0.05) is 29.3 Å². The highest BCUT2D eigenvalue weighted by molar-refractivity contribution is 7.85. The summed E-state index contributed by atoms with van der Waals surface area (Å²) in [5.41, 5.74) is 0. The lowest BCUT2D eigenvalue weighted by Crippen LogP contribution is -2.07. The van der Waals surface area contributed by atoms with E-state index in [0.717, 1.165) is 0 Å². The van der Waals surface area contributed by atoms with Crippen molar-refractivity contribution in [3.05, 3.63) is 28.2 Å². The van der Waals surface area contributed by atoms with E-state index in [1.54, 1.807) is 25.1 Å². The van der Waals surface area contributed by atoms with Gasteiger partial charge in [0.1, 0.15) is 0 Å². The van der Waals surface area contributed by atoms with Crippen molar-refractivity contribution < 1.29 is 4.21 Å². The normalized spacial score (nSPS) is 14.3. The van der Waals surface area contributed by atoms with Crippen LogP contribution in [0.4, 0.5) is 0 Å². The second-order valence-electron chi connectivity index (χ2n) is 3.09. The molecule has 15 heavy (non-hydrogen) atoms. The average molecular weight is 262 g/mol. The molecule has 0 fully saturated rings. The van der Waals surface area contributed by atoms with E-state index in [0.29, 0.717) is 14.9 Å². The van der Waals surface area contributed by atoms with Gasteiger partial charge < -0.3 is 0 Å². The highest BCUT2D eigenvalue weighted by atomic mass is 35.5. The van der Waals surface area contributed by atoms with E-state index in [1.165, 1.54) is 0 Å². The number of nitrogens with zero attached hydrogens (tertiary/aromatic N) is 1. The standard InChI is InChI=1S/C10H9Cl2NOS/c1-7(5-13)6-15(14)10-8(11)3-2-4-9(10)12/h2-4,7H,6H2,1H3. The topological polar surface area (TPSA) is 40.9 Å². The van der Waals surface area contributed by atoms with Crippen LogP contribution in [0, 0.1) is 17.2 Å². The van der Waals surface area contributed by atoms with Crippen LogP contribution in [0.15, 0.2) is 23.1 Å². The molecular weight excluding hydrogens is 253 g/mol. The van der Waals surface area contributed by atoms with E-state index in [-0.39, 0.29) is 11.7 Å². The fraction of sp³-hybridized carbons (Fsp3) is 0.300. The zero-order valence-electron chi connectivity index (χ0n) is 8.04. The second-order valence-corrected chi connectivity index (χ2v) is 5.34. The molecule has 0 radical (unpaired) electrons. The quantitative estimate of drug-likeness (QED) is 0.838. The predicted octanol–water partition coefficient (Wildman–Crippen LogP) is 3.26. The summed E-state index contributed by atoms with van der Waals surface area (Å²) in [5.74, 6) is -0.0295. The third-order valence-electron chi connectivity index (χ3n) is 1.77. The summed E-state index contributed by atoms with van der Waals surface area (Å²) in [7, 11) is -1.32. The van der Waals surface area contributed by atoms with Gasteiger partial charge in [-0.15, -0.1) is 0 Å². The van der Waals surface area contributed by atoms with Crippen LogP contribution in [0.25, 0.3) is 0 Å². The molecule has 0 heterocycles. The maximum Gasteiger partial charge on any atom is 0.0760 e. The lowest BCUT2D eigenvalue weighted by atomic mass is 10.3. The molecule has 5 heteroatoms. The average Bonchev–Trinajstić information content (AvgIpc) is 2.17. The Labute approximate surface area is 101 Å². The first kappa shape index (κ1) is 12.5. The van der Waals surface area contributed by atoms with Gasteiger partial charge in [0, 0.05) is 5.75 Å². The number of hydrogen-bond donors (Lipinski definition) is 0. The van der Waals surface area contributed by atoms with Crippen molar-refractivity contribution in [2.75, 3.05) is 5.75 Å². The maximum atomic E-state index is 11.8. The molecule has 0 aromatic heterocycles. The molecule has 0 aliphatic rings. The summed E-state index contributed by atoms with van der Waals surface area (Å²) in [6.07, 6.45) is 0. The molecule has 0 aliphatic heterocycles. The van der Waals surface area contributed by atoms with Gasteiger partial charge in [-0.3, -0.25) is 4.21 Å². The molecule has 0 amide bonds. The Hall–Kier alpha value is -0.560. The predicted molar refractivity (Wildman–Crippen MR) is 62.5 cm³/mol. The van der Waals surface area contributed by atoms with Gasteiger partial charge in [-0.25, -0.2) is 0 Å². The zero-order valence-corrected chi connectivity index (χ0v) is 10.4. The van der Waals surface area contributed by atoms with E-state index < -0.39 is 10.8 Å². The van der Waals surface area contributed by atoms with Crippen molar-refractivity contribution in [1.29, 1.82) is 5.26 Å². The monoisotopic (exact) mass is 261 g/mol. The molecular formula is C10H9Cl2NOS. The number of benzene rings is 1. The third-order valence-corrected chi connectivity index (χ3v) is 4.32. The van der Waals surface area contributed by atoms with Crippen molar-refractivity contribution in [3.63, 3.8) is 0 Å². The number of hydrogen-bond acceptors (Lipinski definition) is 2. The van der Waals surface area contributed by atoms with Gasteiger partial charge in [0.05, 0.1) is 37.7 Å². The van der Waals surface area contributed by atoms with Crippen LogP contribution in [0.2, 0.25) is 10.0 Å². The Bertz CT molecular complexity index is 408. The minimum Gasteiger partial charge on any atom is -0.254 e. The molecule has 1 rings (SSSR count). The summed E-state index contributed by atoms with van der Waals surface area (Å²) < 4.78 is 11.8. The zero-order chi connectivity index (χ0) is 11.4. The van der Waals surface area contributed by atoms with E-state index in [2.05, 4.69) is 0 Å². The number of halogens is 2. The lowest BCUT2D eigenvalue weighted by Gasteiger charge is -2.07. The first-order valence-electron chi connectivity index (χ1n) is 4.28. The summed E-state index contributed by atoms with van der Waals surface area (Å²) in [5, 5.41) is 9.38. The maximum absolute atomic E-state index is 11.8. The summed E-state index contributed by atoms with van der Waals surface area (Å²) in [6, 6.07) is 6.99. The summed E-state index contributed by atoms with van der Waals surface area (Å²) in [6.45, 7) is 1.71. The minimum absolute atomic E-state index is 0.250. The van der Waals surface area contributed by atoms with Gasteiger partial charge in [-0.2, -0.15) is 5.26 Å². The number of rotatable bonds is 3. The molecule has 80 valence electrons. The second kappa shape index (κ2) is 5.50. The molecule has 1 aromatic rings. The molecule has 0 N–H and O–H groups in total. The Morgan fingerprint density at radius 1 is 1.47 bits per heavy atom. The first-order valence-corrected chi connectivity index (χ1v) is 6.35. The molecule has 0 bridgehead atoms. The van der Waals surface area contributed by atoms with Crippen LogP contribution in [0.5, 0.6) is 0 Å². The number of nitriles is 1. The van der Waals surface area contributed by atoms with Gasteiger partial charge in [0.25, 0.3) is 0 Å². The first-order chi connectivity index (χ1) is 7.06. The van der Waals surface area contributed by atoms with E-state index in [1.807, 2.05) is 6.07 Å². The SMILES string of the molecule is CC(C#N)CS(=O)c1c(Cl)cccc1Cl. The Balaban J connectivity index is 2.97. The highest BCUT2D eigenvalue weighted by Crippen LogP contribution is 2.28.